The van der Waals surface area contributed by atoms with E-state index >= 15 is 4.39 Å². The Balaban J connectivity index is 1.85. The van der Waals surface area contributed by atoms with Crippen LogP contribution in [0, 0.1) is 17.1 Å². The number of methoxy groups -OCH3 is 1. The molecule has 12 heteroatoms. The molecule has 0 atom stereocenters. The van der Waals surface area contributed by atoms with Gasteiger partial charge in [-0.25, -0.2) is 17.9 Å². The largest absolute Gasteiger partial charge is 0.493 e. The molecule has 0 aromatic heterocycles. The highest BCUT2D eigenvalue weighted by Crippen LogP contribution is 2.37. The number of carbonyl (C=O) groups is 1. The average molecular weight is 524 g/mol. The maximum absolute atomic E-state index is 15.3. The highest BCUT2D eigenvalue weighted by Gasteiger charge is 2.20. The molecular formula is C22H16Cl2FN3O5S. The fraction of sp³-hybridized carbons (Fsp3) is 0.0909. The van der Waals surface area contributed by atoms with Gasteiger partial charge < -0.3 is 14.8 Å². The Morgan fingerprint density at radius 1 is 1.18 bits per heavy atom. The number of benzene rings is 3. The molecule has 8 nitrogen and oxygen atoms in total. The van der Waals surface area contributed by atoms with Gasteiger partial charge in [0, 0.05) is 10.6 Å². The summed E-state index contributed by atoms with van der Waals surface area (Å²) in [5.74, 6) is -1.63. The number of nitrogens with one attached hydrogen (secondary N) is 1. The van der Waals surface area contributed by atoms with Crippen LogP contribution >= 0.6 is 23.2 Å². The third-order valence-corrected chi connectivity index (χ3v) is 5.92. The Hall–Kier alpha value is -3.36. The smallest absolute Gasteiger partial charge is 0.238 e. The van der Waals surface area contributed by atoms with Gasteiger partial charge in [-0.2, -0.15) is 5.26 Å². The Kier molecular flexibility index (Phi) is 7.64. The molecule has 0 spiro atoms. The van der Waals surface area contributed by atoms with Gasteiger partial charge in [0.05, 0.1) is 40.8 Å². The summed E-state index contributed by atoms with van der Waals surface area (Å²) >= 11 is 12.0. The molecule has 0 heterocycles. The van der Waals surface area contributed by atoms with Gasteiger partial charge in [0.1, 0.15) is 5.75 Å². The van der Waals surface area contributed by atoms with Crippen LogP contribution in [0.1, 0.15) is 11.1 Å². The molecule has 0 aliphatic heterocycles. The van der Waals surface area contributed by atoms with Crippen molar-refractivity contribution in [2.75, 3.05) is 12.4 Å². The Bertz CT molecular complexity index is 1420. The quantitative estimate of drug-likeness (QED) is 0.463. The SMILES string of the molecule is COc1ccc(CC(=O)Nc2ccc(S(N)(=O)=O)cc2Cl)c(F)c1Oc1cc(Cl)cc(C#N)c1. The summed E-state index contributed by atoms with van der Waals surface area (Å²) in [7, 11) is -2.65. The summed E-state index contributed by atoms with van der Waals surface area (Å²) in [6, 6.07) is 12.4. The van der Waals surface area contributed by atoms with Gasteiger partial charge in [0.2, 0.25) is 21.7 Å². The van der Waals surface area contributed by atoms with Crippen LogP contribution in [0.15, 0.2) is 53.4 Å². The second kappa shape index (κ2) is 10.3. The first-order chi connectivity index (χ1) is 16.0. The van der Waals surface area contributed by atoms with E-state index in [1.807, 2.05) is 6.07 Å². The van der Waals surface area contributed by atoms with Gasteiger partial charge >= 0.3 is 0 Å². The van der Waals surface area contributed by atoms with E-state index in [-0.39, 0.29) is 49.0 Å². The second-order valence-corrected chi connectivity index (χ2v) is 9.28. The third-order valence-electron chi connectivity index (χ3n) is 4.48. The van der Waals surface area contributed by atoms with E-state index in [0.29, 0.717) is 0 Å². The van der Waals surface area contributed by atoms with Crippen LogP contribution in [0.3, 0.4) is 0 Å². The van der Waals surface area contributed by atoms with E-state index in [4.69, 9.17) is 43.1 Å². The second-order valence-electron chi connectivity index (χ2n) is 6.87. The molecule has 176 valence electrons. The Labute approximate surface area is 204 Å². The van der Waals surface area contributed by atoms with E-state index in [1.54, 1.807) is 0 Å². The lowest BCUT2D eigenvalue weighted by Gasteiger charge is -2.14. The van der Waals surface area contributed by atoms with Gasteiger partial charge in [0.15, 0.2) is 11.6 Å². The Morgan fingerprint density at radius 2 is 1.91 bits per heavy atom. The minimum atomic E-state index is -3.97. The lowest BCUT2D eigenvalue weighted by Crippen LogP contribution is -2.16. The van der Waals surface area contributed by atoms with Gasteiger partial charge in [-0.05, 0) is 42.5 Å². The molecule has 0 radical (unpaired) electrons. The number of hydrogen-bond donors (Lipinski definition) is 2. The summed E-state index contributed by atoms with van der Waals surface area (Å²) in [5.41, 5.74) is 0.309. The van der Waals surface area contributed by atoms with Gasteiger partial charge in [-0.1, -0.05) is 29.3 Å². The monoisotopic (exact) mass is 523 g/mol. The van der Waals surface area contributed by atoms with E-state index < -0.39 is 28.2 Å². The predicted molar refractivity (Wildman–Crippen MR) is 124 cm³/mol. The van der Waals surface area contributed by atoms with Crippen molar-refractivity contribution in [2.24, 2.45) is 5.14 Å². The molecule has 0 saturated heterocycles. The van der Waals surface area contributed by atoms with Crippen molar-refractivity contribution in [3.05, 3.63) is 75.5 Å². The van der Waals surface area contributed by atoms with E-state index in [1.165, 1.54) is 49.6 Å². The first-order valence-electron chi connectivity index (χ1n) is 9.38. The number of halogens is 3. The van der Waals surface area contributed by atoms with Gasteiger partial charge in [-0.3, -0.25) is 4.79 Å². The molecule has 3 aromatic rings. The van der Waals surface area contributed by atoms with E-state index in [2.05, 4.69) is 5.32 Å². The van der Waals surface area contributed by atoms with Crippen LogP contribution < -0.4 is 19.9 Å². The maximum atomic E-state index is 15.3. The number of sulfonamides is 1. The van der Waals surface area contributed by atoms with Crippen LogP contribution in [0.2, 0.25) is 10.0 Å². The van der Waals surface area contributed by atoms with Crippen molar-refractivity contribution in [3.8, 4) is 23.3 Å². The molecule has 0 saturated carbocycles. The van der Waals surface area contributed by atoms with Crippen LogP contribution in [-0.2, 0) is 21.2 Å². The molecule has 3 aromatic carbocycles. The van der Waals surface area contributed by atoms with Crippen LogP contribution in [0.5, 0.6) is 17.2 Å². The zero-order valence-electron chi connectivity index (χ0n) is 17.4. The molecular weight excluding hydrogens is 508 g/mol. The predicted octanol–water partition coefficient (Wildman–Crippen LogP) is 4.63. The molecule has 0 aliphatic carbocycles. The number of nitriles is 1. The summed E-state index contributed by atoms with van der Waals surface area (Å²) in [4.78, 5) is 12.3. The Morgan fingerprint density at radius 3 is 2.53 bits per heavy atom. The van der Waals surface area contributed by atoms with Crippen LogP contribution in [0.25, 0.3) is 0 Å². The zero-order chi connectivity index (χ0) is 25.0. The minimum absolute atomic E-state index is 0.0203. The summed E-state index contributed by atoms with van der Waals surface area (Å²) in [5, 5.41) is 16.8. The van der Waals surface area contributed by atoms with Crippen molar-refractivity contribution < 1.29 is 27.1 Å². The fourth-order valence-electron chi connectivity index (χ4n) is 2.92. The molecule has 0 fully saturated rings. The van der Waals surface area contributed by atoms with Crippen molar-refractivity contribution in [1.82, 2.24) is 0 Å². The molecule has 3 rings (SSSR count). The molecule has 34 heavy (non-hydrogen) atoms. The molecule has 1 amide bonds. The number of nitrogens with two attached hydrogens (primary N) is 1. The normalized spacial score (nSPS) is 10.9. The minimum Gasteiger partial charge on any atom is -0.493 e. The first kappa shape index (κ1) is 25.3. The first-order valence-corrected chi connectivity index (χ1v) is 11.7. The standard InChI is InChI=1S/C22H16Cl2FN3O5S/c1-32-19-5-2-13(21(25)22(19)33-15-7-12(11-26)6-14(23)9-15)8-20(29)28-18-4-3-16(10-17(18)24)34(27,30)31/h2-7,9-10H,8H2,1H3,(H,28,29)(H2,27,30,31). The lowest BCUT2D eigenvalue weighted by atomic mass is 10.1. The molecule has 3 N–H and O–H groups in total. The number of nitrogens with zero attached hydrogens (tertiary/aromatic N) is 1. The van der Waals surface area contributed by atoms with Crippen molar-refractivity contribution in [1.29, 1.82) is 5.26 Å². The lowest BCUT2D eigenvalue weighted by molar-refractivity contribution is -0.115. The molecule has 0 aliphatic rings. The number of anilines is 1. The summed E-state index contributed by atoms with van der Waals surface area (Å²) in [6.45, 7) is 0. The number of carbonyl (C=O) groups excluding carboxylic acids is 1. The molecule has 0 bridgehead atoms. The van der Waals surface area contributed by atoms with Crippen molar-refractivity contribution in [2.45, 2.75) is 11.3 Å². The number of primary sulfonamides is 1. The molecule has 0 unspecified atom stereocenters. The van der Waals surface area contributed by atoms with Crippen LogP contribution in [-0.4, -0.2) is 21.4 Å². The van der Waals surface area contributed by atoms with Gasteiger partial charge in [0.25, 0.3) is 0 Å². The average Bonchev–Trinajstić information content (AvgIpc) is 2.76. The number of rotatable bonds is 7. The van der Waals surface area contributed by atoms with Crippen LogP contribution in [0.4, 0.5) is 10.1 Å². The highest BCUT2D eigenvalue weighted by atomic mass is 35.5. The van der Waals surface area contributed by atoms with Crippen molar-refractivity contribution in [3.63, 3.8) is 0 Å². The fourth-order valence-corrected chi connectivity index (χ4v) is 3.97. The highest BCUT2D eigenvalue weighted by molar-refractivity contribution is 7.89. The third kappa shape index (κ3) is 5.95. The maximum Gasteiger partial charge on any atom is 0.238 e. The number of ether oxygens (including phenoxy) is 2. The van der Waals surface area contributed by atoms with Gasteiger partial charge in [-0.15, -0.1) is 0 Å². The number of hydrogen-bond acceptors (Lipinski definition) is 6. The topological polar surface area (TPSA) is 132 Å². The number of amides is 1. The summed E-state index contributed by atoms with van der Waals surface area (Å²) in [6.07, 6.45) is -0.404. The zero-order valence-corrected chi connectivity index (χ0v) is 19.8. The van der Waals surface area contributed by atoms with Crippen molar-refractivity contribution >= 4 is 44.8 Å². The summed E-state index contributed by atoms with van der Waals surface area (Å²) < 4.78 is 48.8. The van der Waals surface area contributed by atoms with E-state index in [9.17, 15) is 13.2 Å². The van der Waals surface area contributed by atoms with E-state index in [0.717, 1.165) is 6.07 Å².